The van der Waals surface area contributed by atoms with Crippen LogP contribution in [-0.4, -0.2) is 4.57 Å². The Morgan fingerprint density at radius 1 is 1.25 bits per heavy atom. The first-order valence-corrected chi connectivity index (χ1v) is 5.34. The quantitative estimate of drug-likeness (QED) is 0.502. The minimum atomic E-state index is -0.133. The Morgan fingerprint density at radius 2 is 1.88 bits per heavy atom. The molecule has 0 saturated carbocycles. The molecule has 4 heteroatoms. The molecule has 0 amide bonds. The highest BCUT2D eigenvalue weighted by Crippen LogP contribution is 2.21. The van der Waals surface area contributed by atoms with E-state index in [1.54, 1.807) is 0 Å². The van der Waals surface area contributed by atoms with Gasteiger partial charge in [0.1, 0.15) is 12.4 Å². The molecule has 0 aliphatic heterocycles. The lowest BCUT2D eigenvalue weighted by Gasteiger charge is -2.06. The van der Waals surface area contributed by atoms with Crippen LogP contribution in [-0.2, 0) is 7.05 Å². The standard InChI is InChI=1S/C12H14ClN2.ClH/c1-10-3-5-11(6-4-10)12(13)15-8-7-14(2)9-15;/h3-9,12H,1-2H3;1H/q+1;/p-1. The Bertz CT molecular complexity index is 448. The van der Waals surface area contributed by atoms with E-state index in [0.29, 0.717) is 0 Å². The van der Waals surface area contributed by atoms with E-state index in [4.69, 9.17) is 11.6 Å². The summed E-state index contributed by atoms with van der Waals surface area (Å²) >= 11 is 6.35. The highest BCUT2D eigenvalue weighted by atomic mass is 35.5. The predicted molar refractivity (Wildman–Crippen MR) is 60.8 cm³/mol. The lowest BCUT2D eigenvalue weighted by atomic mass is 10.1. The topological polar surface area (TPSA) is 8.81 Å². The minimum absolute atomic E-state index is 0. The highest BCUT2D eigenvalue weighted by Gasteiger charge is 2.14. The molecule has 1 atom stereocenters. The Labute approximate surface area is 107 Å². The average molecular weight is 257 g/mol. The second-order valence-corrected chi connectivity index (χ2v) is 4.19. The van der Waals surface area contributed by atoms with Crippen LogP contribution in [0.15, 0.2) is 43.0 Å². The average Bonchev–Trinajstić information content (AvgIpc) is 2.65. The fourth-order valence-electron chi connectivity index (χ4n) is 1.50. The van der Waals surface area contributed by atoms with Crippen molar-refractivity contribution in [3.63, 3.8) is 0 Å². The summed E-state index contributed by atoms with van der Waals surface area (Å²) in [6.07, 6.45) is 5.92. The number of halogens is 2. The van der Waals surface area contributed by atoms with E-state index < -0.39 is 0 Å². The van der Waals surface area contributed by atoms with Crippen molar-refractivity contribution in [2.24, 2.45) is 7.05 Å². The molecule has 16 heavy (non-hydrogen) atoms. The lowest BCUT2D eigenvalue weighted by molar-refractivity contribution is -0.671. The van der Waals surface area contributed by atoms with Crippen LogP contribution in [0.2, 0.25) is 0 Å². The molecule has 1 heterocycles. The van der Waals surface area contributed by atoms with Crippen molar-refractivity contribution in [3.05, 3.63) is 54.1 Å². The van der Waals surface area contributed by atoms with Crippen molar-refractivity contribution in [2.45, 2.75) is 12.4 Å². The Morgan fingerprint density at radius 3 is 2.38 bits per heavy atom. The molecule has 1 aromatic heterocycles. The number of hydrogen-bond donors (Lipinski definition) is 0. The van der Waals surface area contributed by atoms with E-state index >= 15 is 0 Å². The van der Waals surface area contributed by atoms with Crippen molar-refractivity contribution in [1.29, 1.82) is 0 Å². The zero-order chi connectivity index (χ0) is 10.8. The van der Waals surface area contributed by atoms with Crippen LogP contribution in [0.3, 0.4) is 0 Å². The van der Waals surface area contributed by atoms with Gasteiger partial charge in [-0.15, -0.1) is 0 Å². The molecule has 2 nitrogen and oxygen atoms in total. The molecule has 1 aromatic carbocycles. The van der Waals surface area contributed by atoms with Gasteiger partial charge in [-0.3, -0.25) is 0 Å². The molecule has 0 fully saturated rings. The number of imidazole rings is 1. The minimum Gasteiger partial charge on any atom is -1.00 e. The summed E-state index contributed by atoms with van der Waals surface area (Å²) in [7, 11) is 1.98. The maximum absolute atomic E-state index is 6.35. The number of aryl methyl sites for hydroxylation is 2. The van der Waals surface area contributed by atoms with Gasteiger partial charge in [0.15, 0.2) is 5.50 Å². The molecule has 0 saturated heterocycles. The van der Waals surface area contributed by atoms with E-state index in [9.17, 15) is 0 Å². The molecule has 0 spiro atoms. The Hall–Kier alpha value is -0.990. The summed E-state index contributed by atoms with van der Waals surface area (Å²) in [6, 6.07) is 8.28. The van der Waals surface area contributed by atoms with Gasteiger partial charge >= 0.3 is 0 Å². The molecule has 0 bridgehead atoms. The van der Waals surface area contributed by atoms with Crippen LogP contribution in [0.25, 0.3) is 0 Å². The number of aromatic nitrogens is 2. The van der Waals surface area contributed by atoms with Gasteiger partial charge in [-0.25, -0.2) is 9.13 Å². The van der Waals surface area contributed by atoms with E-state index in [2.05, 4.69) is 31.2 Å². The second kappa shape index (κ2) is 5.37. The summed E-state index contributed by atoms with van der Waals surface area (Å²) in [4.78, 5) is 0. The van der Waals surface area contributed by atoms with Gasteiger partial charge in [0.25, 0.3) is 0 Å². The van der Waals surface area contributed by atoms with Gasteiger partial charge in [0.2, 0.25) is 6.33 Å². The first-order chi connectivity index (χ1) is 7.16. The normalized spacial score (nSPS) is 11.9. The molecule has 0 aliphatic carbocycles. The summed E-state index contributed by atoms with van der Waals surface area (Å²) in [6.45, 7) is 2.07. The molecule has 2 aromatic rings. The Balaban J connectivity index is 0.00000128. The fourth-order valence-corrected chi connectivity index (χ4v) is 1.76. The van der Waals surface area contributed by atoms with Gasteiger partial charge < -0.3 is 12.4 Å². The van der Waals surface area contributed by atoms with Crippen molar-refractivity contribution >= 4 is 11.6 Å². The van der Waals surface area contributed by atoms with Crippen molar-refractivity contribution in [3.8, 4) is 0 Å². The first-order valence-electron chi connectivity index (χ1n) is 4.90. The zero-order valence-electron chi connectivity index (χ0n) is 9.27. The SMILES string of the molecule is Cc1ccc(C(Cl)n2cc[n+](C)c2)cc1.[Cl-]. The van der Waals surface area contributed by atoms with Gasteiger partial charge in [-0.05, 0) is 6.92 Å². The molecule has 0 aliphatic rings. The lowest BCUT2D eigenvalue weighted by Crippen LogP contribution is -3.00. The van der Waals surface area contributed by atoms with Crippen molar-refractivity contribution in [2.75, 3.05) is 0 Å². The summed E-state index contributed by atoms with van der Waals surface area (Å²) in [5.41, 5.74) is 2.23. The monoisotopic (exact) mass is 256 g/mol. The summed E-state index contributed by atoms with van der Waals surface area (Å²) in [5.74, 6) is 0. The molecular formula is C12H14Cl2N2. The largest absolute Gasteiger partial charge is 1.00 e. The zero-order valence-corrected chi connectivity index (χ0v) is 10.8. The van der Waals surface area contributed by atoms with E-state index in [-0.39, 0.29) is 17.9 Å². The van der Waals surface area contributed by atoms with Crippen LogP contribution in [0.4, 0.5) is 0 Å². The van der Waals surface area contributed by atoms with E-state index in [0.717, 1.165) is 5.56 Å². The molecule has 2 rings (SSSR count). The Kier molecular flexibility index (Phi) is 4.39. The van der Waals surface area contributed by atoms with Gasteiger partial charge in [0, 0.05) is 5.56 Å². The van der Waals surface area contributed by atoms with Crippen LogP contribution < -0.4 is 17.0 Å². The molecule has 1 unspecified atom stereocenters. The predicted octanol–water partition coefficient (Wildman–Crippen LogP) is -0.589. The van der Waals surface area contributed by atoms with Gasteiger partial charge in [-0.1, -0.05) is 41.4 Å². The molecule has 0 N–H and O–H groups in total. The third kappa shape index (κ3) is 2.77. The third-order valence-electron chi connectivity index (χ3n) is 2.40. The third-order valence-corrected chi connectivity index (χ3v) is 2.88. The number of nitrogens with zero attached hydrogens (tertiary/aromatic N) is 2. The van der Waals surface area contributed by atoms with Crippen LogP contribution in [0.5, 0.6) is 0 Å². The van der Waals surface area contributed by atoms with Gasteiger partial charge in [0.05, 0.1) is 7.05 Å². The highest BCUT2D eigenvalue weighted by molar-refractivity contribution is 6.20. The first kappa shape index (κ1) is 13.1. The number of alkyl halides is 1. The molecule has 0 radical (unpaired) electrons. The van der Waals surface area contributed by atoms with Crippen molar-refractivity contribution in [1.82, 2.24) is 4.57 Å². The van der Waals surface area contributed by atoms with Crippen LogP contribution in [0, 0.1) is 6.92 Å². The maximum atomic E-state index is 6.35. The summed E-state index contributed by atoms with van der Waals surface area (Å²) in [5, 5.41) is 0. The number of rotatable bonds is 2. The molecular weight excluding hydrogens is 243 g/mol. The van der Waals surface area contributed by atoms with Crippen molar-refractivity contribution < 1.29 is 17.0 Å². The summed E-state index contributed by atoms with van der Waals surface area (Å²) < 4.78 is 3.95. The van der Waals surface area contributed by atoms with Crippen LogP contribution in [0.1, 0.15) is 16.6 Å². The van der Waals surface area contributed by atoms with E-state index in [1.165, 1.54) is 5.56 Å². The maximum Gasteiger partial charge on any atom is 0.245 e. The van der Waals surface area contributed by atoms with Gasteiger partial charge in [-0.2, -0.15) is 0 Å². The fraction of sp³-hybridized carbons (Fsp3) is 0.250. The van der Waals surface area contributed by atoms with E-state index in [1.807, 2.05) is 34.9 Å². The van der Waals surface area contributed by atoms with Crippen LogP contribution >= 0.6 is 11.6 Å². The number of hydrogen-bond acceptors (Lipinski definition) is 0. The number of benzene rings is 1. The second-order valence-electron chi connectivity index (χ2n) is 3.77. The molecule has 86 valence electrons. The smallest absolute Gasteiger partial charge is 0.245 e.